The zero-order valence-electron chi connectivity index (χ0n) is 35.6. The number of para-hydroxylation sites is 1. The van der Waals surface area contributed by atoms with Crippen molar-refractivity contribution in [2.45, 2.75) is 44.7 Å². The molecule has 0 atom stereocenters. The number of nitrogens with zero attached hydrogens (tertiary/aromatic N) is 4. The maximum Gasteiger partial charge on any atom is 0.166 e. The van der Waals surface area contributed by atoms with E-state index in [-0.39, 0.29) is 0 Å². The largest absolute Gasteiger partial charge is 0.255 e. The molecule has 2 aromatic heterocycles. The number of pyridine rings is 1. The third-order valence-corrected chi connectivity index (χ3v) is 16.5. The SMILES string of the molecule is C[Si](C)(C)c1ccc(C2(c3ccc([Si](C)(C)C)cc3)c3ccccc3-c3ccc(-c4cccc(-c5nc(-c6ccccc6)nc(-c6cccc7cccnc67)n5)c4)cc32)cc1. The molecular weight excluding hydrogens is 773 g/mol. The molecule has 0 unspecified atom stereocenters. The van der Waals surface area contributed by atoms with E-state index in [2.05, 4.69) is 167 Å². The number of hydrogen-bond donors (Lipinski definition) is 0. The molecule has 0 aliphatic heterocycles. The summed E-state index contributed by atoms with van der Waals surface area (Å²) in [5.74, 6) is 1.84. The van der Waals surface area contributed by atoms with Crippen LogP contribution in [0.15, 0.2) is 182 Å². The highest BCUT2D eigenvalue weighted by atomic mass is 28.3. The van der Waals surface area contributed by atoms with Crippen LogP contribution in [0.4, 0.5) is 0 Å². The highest BCUT2D eigenvalue weighted by Crippen LogP contribution is 2.56. The first-order chi connectivity index (χ1) is 29.5. The normalized spacial score (nSPS) is 13.2. The Labute approximate surface area is 361 Å². The summed E-state index contributed by atoms with van der Waals surface area (Å²) in [6.45, 7) is 14.6. The van der Waals surface area contributed by atoms with Gasteiger partial charge in [0.15, 0.2) is 17.5 Å². The molecule has 9 aromatic rings. The van der Waals surface area contributed by atoms with Crippen LogP contribution in [-0.4, -0.2) is 36.1 Å². The van der Waals surface area contributed by atoms with Crippen molar-refractivity contribution in [1.82, 2.24) is 19.9 Å². The van der Waals surface area contributed by atoms with Crippen LogP contribution in [0.3, 0.4) is 0 Å². The summed E-state index contributed by atoms with van der Waals surface area (Å²) < 4.78 is 0. The molecule has 0 bridgehead atoms. The van der Waals surface area contributed by atoms with E-state index in [0.29, 0.717) is 17.5 Å². The van der Waals surface area contributed by atoms with E-state index >= 15 is 0 Å². The van der Waals surface area contributed by atoms with Crippen molar-refractivity contribution in [1.29, 1.82) is 0 Å². The molecule has 0 amide bonds. The predicted molar refractivity (Wildman–Crippen MR) is 260 cm³/mol. The van der Waals surface area contributed by atoms with E-state index in [9.17, 15) is 0 Å². The Morgan fingerprint density at radius 3 is 1.59 bits per heavy atom. The minimum absolute atomic E-state index is 0.504. The fraction of sp³-hybridized carbons (Fsp3) is 0.127. The average Bonchev–Trinajstić information content (AvgIpc) is 3.59. The monoisotopic (exact) mass is 820 g/mol. The van der Waals surface area contributed by atoms with Gasteiger partial charge in [0.2, 0.25) is 0 Å². The zero-order valence-corrected chi connectivity index (χ0v) is 37.6. The number of benzene rings is 7. The van der Waals surface area contributed by atoms with Gasteiger partial charge in [0.05, 0.1) is 27.1 Å². The minimum Gasteiger partial charge on any atom is -0.255 e. The first-order valence-electron chi connectivity index (χ1n) is 21.2. The first kappa shape index (κ1) is 38.6. The molecule has 1 aliphatic carbocycles. The highest BCUT2D eigenvalue weighted by Gasteiger charge is 2.46. The van der Waals surface area contributed by atoms with Crippen molar-refractivity contribution in [3.05, 3.63) is 204 Å². The van der Waals surface area contributed by atoms with Crippen molar-refractivity contribution >= 4 is 37.4 Å². The smallest absolute Gasteiger partial charge is 0.166 e. The lowest BCUT2D eigenvalue weighted by Gasteiger charge is -2.35. The van der Waals surface area contributed by atoms with Gasteiger partial charge in [0, 0.05) is 28.3 Å². The Balaban J connectivity index is 1.16. The van der Waals surface area contributed by atoms with Gasteiger partial charge in [-0.25, -0.2) is 15.0 Å². The molecule has 296 valence electrons. The summed E-state index contributed by atoms with van der Waals surface area (Å²) in [5.41, 5.74) is 13.1. The maximum absolute atomic E-state index is 5.16. The number of hydrogen-bond acceptors (Lipinski definition) is 4. The van der Waals surface area contributed by atoms with Crippen LogP contribution in [0, 0.1) is 0 Å². The molecule has 1 aliphatic rings. The van der Waals surface area contributed by atoms with Crippen molar-refractivity contribution in [3.63, 3.8) is 0 Å². The maximum atomic E-state index is 5.16. The highest BCUT2D eigenvalue weighted by molar-refractivity contribution is 6.89. The Morgan fingerprint density at radius 2 is 0.902 bits per heavy atom. The fourth-order valence-electron chi connectivity index (χ4n) is 9.15. The molecule has 61 heavy (non-hydrogen) atoms. The summed E-state index contributed by atoms with van der Waals surface area (Å²) in [6, 6.07) is 64.3. The van der Waals surface area contributed by atoms with Gasteiger partial charge in [0.25, 0.3) is 0 Å². The summed E-state index contributed by atoms with van der Waals surface area (Å²) in [7, 11) is -3.06. The lowest BCUT2D eigenvalue weighted by atomic mass is 9.67. The van der Waals surface area contributed by atoms with E-state index in [1.165, 1.54) is 43.8 Å². The lowest BCUT2D eigenvalue weighted by Crippen LogP contribution is -2.39. The zero-order chi connectivity index (χ0) is 41.9. The molecule has 7 aromatic carbocycles. The van der Waals surface area contributed by atoms with Crippen LogP contribution >= 0.6 is 0 Å². The van der Waals surface area contributed by atoms with E-state index < -0.39 is 21.6 Å². The standard InChI is InChI=1S/C55H48N4Si2/c1-60(2,3)44-29-25-42(26-30-44)55(43-27-31-45(32-28-43)61(4,5)6)49-23-11-10-21-46(49)47-33-24-40(36-50(47)55)39-18-12-19-41(35-39)53-57-52(38-15-8-7-9-16-38)58-54(59-53)48-22-13-17-37-20-14-34-56-51(37)48/h7-36H,1-6H3. The van der Waals surface area contributed by atoms with Gasteiger partial charge in [0.1, 0.15) is 0 Å². The second kappa shape index (κ2) is 14.8. The third kappa shape index (κ3) is 6.76. The van der Waals surface area contributed by atoms with Gasteiger partial charge in [-0.05, 0) is 68.8 Å². The second-order valence-electron chi connectivity index (χ2n) is 18.3. The van der Waals surface area contributed by atoms with E-state index in [4.69, 9.17) is 19.9 Å². The summed E-state index contributed by atoms with van der Waals surface area (Å²) in [5, 5.41) is 3.97. The Hall–Kier alpha value is -6.61. The van der Waals surface area contributed by atoms with Crippen molar-refractivity contribution in [2.24, 2.45) is 0 Å². The van der Waals surface area contributed by atoms with Crippen LogP contribution in [-0.2, 0) is 5.41 Å². The van der Waals surface area contributed by atoms with Crippen molar-refractivity contribution in [2.75, 3.05) is 0 Å². The predicted octanol–water partition coefficient (Wildman–Crippen LogP) is 12.5. The van der Waals surface area contributed by atoms with Gasteiger partial charge >= 0.3 is 0 Å². The Kier molecular flexibility index (Phi) is 9.39. The second-order valence-corrected chi connectivity index (χ2v) is 28.5. The van der Waals surface area contributed by atoms with Crippen LogP contribution in [0.2, 0.25) is 39.3 Å². The van der Waals surface area contributed by atoms with Crippen LogP contribution in [0.5, 0.6) is 0 Å². The number of aromatic nitrogens is 4. The molecule has 4 nitrogen and oxygen atoms in total. The van der Waals surface area contributed by atoms with Crippen LogP contribution < -0.4 is 10.4 Å². The van der Waals surface area contributed by atoms with Gasteiger partial charge in [-0.1, -0.05) is 201 Å². The summed E-state index contributed by atoms with van der Waals surface area (Å²) in [6.07, 6.45) is 1.82. The molecule has 0 spiro atoms. The van der Waals surface area contributed by atoms with E-state index in [0.717, 1.165) is 38.7 Å². The quantitative estimate of drug-likeness (QED) is 0.143. The molecule has 10 rings (SSSR count). The Bertz CT molecular complexity index is 3030. The number of fused-ring (bicyclic) bond motifs is 4. The van der Waals surface area contributed by atoms with Crippen LogP contribution in [0.25, 0.3) is 67.3 Å². The van der Waals surface area contributed by atoms with Crippen molar-refractivity contribution in [3.8, 4) is 56.4 Å². The molecule has 6 heteroatoms. The molecule has 0 saturated carbocycles. The average molecular weight is 821 g/mol. The molecule has 0 radical (unpaired) electrons. The van der Waals surface area contributed by atoms with Crippen LogP contribution in [0.1, 0.15) is 22.3 Å². The van der Waals surface area contributed by atoms with Gasteiger partial charge in [-0.3, -0.25) is 4.98 Å². The van der Waals surface area contributed by atoms with E-state index in [1.807, 2.05) is 54.7 Å². The van der Waals surface area contributed by atoms with Crippen molar-refractivity contribution < 1.29 is 0 Å². The van der Waals surface area contributed by atoms with Gasteiger partial charge in [-0.15, -0.1) is 0 Å². The Morgan fingerprint density at radius 1 is 0.377 bits per heavy atom. The molecular formula is C55H48N4Si2. The van der Waals surface area contributed by atoms with Gasteiger partial charge in [-0.2, -0.15) is 0 Å². The third-order valence-electron chi connectivity index (χ3n) is 12.4. The molecule has 0 N–H and O–H groups in total. The topological polar surface area (TPSA) is 51.6 Å². The lowest BCUT2D eigenvalue weighted by molar-refractivity contribution is 0.769. The fourth-order valence-corrected chi connectivity index (χ4v) is 11.5. The van der Waals surface area contributed by atoms with E-state index in [1.54, 1.807) is 0 Å². The van der Waals surface area contributed by atoms with Gasteiger partial charge < -0.3 is 0 Å². The molecule has 0 fully saturated rings. The summed E-state index contributed by atoms with van der Waals surface area (Å²) in [4.78, 5) is 20.1. The molecule has 2 heterocycles. The minimum atomic E-state index is -1.53. The first-order valence-corrected chi connectivity index (χ1v) is 28.2. The number of rotatable bonds is 8. The molecule has 0 saturated heterocycles. The summed E-state index contributed by atoms with van der Waals surface area (Å²) >= 11 is 0.